The summed E-state index contributed by atoms with van der Waals surface area (Å²) in [6.45, 7) is 0.587. The first-order valence-electron chi connectivity index (χ1n) is 5.33. The van der Waals surface area contributed by atoms with Crippen LogP contribution in [0.3, 0.4) is 0 Å². The number of carbonyl (C=O) groups excluding carboxylic acids is 1. The van der Waals surface area contributed by atoms with E-state index >= 15 is 0 Å². The van der Waals surface area contributed by atoms with Gasteiger partial charge in [0.05, 0.1) is 36.9 Å². The van der Waals surface area contributed by atoms with Crippen molar-refractivity contribution >= 4 is 11.7 Å². The monoisotopic (exact) mass is 271 g/mol. The van der Waals surface area contributed by atoms with Gasteiger partial charge >= 0.3 is 11.7 Å². The van der Waals surface area contributed by atoms with Crippen LogP contribution in [0, 0.1) is 15.9 Å². The highest BCUT2D eigenvalue weighted by atomic mass is 19.1. The summed E-state index contributed by atoms with van der Waals surface area (Å²) in [5.41, 5.74) is -0.958. The van der Waals surface area contributed by atoms with Crippen molar-refractivity contribution in [2.45, 2.75) is 6.10 Å². The minimum absolute atomic E-state index is 0.180. The SMILES string of the molecule is COC(=O)c1cc(OC2COC2)c([N+](=O)[O-])cc1F. The van der Waals surface area contributed by atoms with Crippen LogP contribution >= 0.6 is 0 Å². The third kappa shape index (κ3) is 2.63. The number of nitrogens with zero attached hydrogens (tertiary/aromatic N) is 1. The summed E-state index contributed by atoms with van der Waals surface area (Å²) in [5.74, 6) is -2.14. The second kappa shape index (κ2) is 5.19. The smallest absolute Gasteiger partial charge is 0.340 e. The number of halogens is 1. The van der Waals surface area contributed by atoms with E-state index in [0.717, 1.165) is 13.2 Å². The molecule has 1 aromatic rings. The Morgan fingerprint density at radius 2 is 2.21 bits per heavy atom. The Bertz CT molecular complexity index is 528. The van der Waals surface area contributed by atoms with E-state index in [2.05, 4.69) is 4.74 Å². The van der Waals surface area contributed by atoms with Gasteiger partial charge in [-0.25, -0.2) is 9.18 Å². The molecule has 0 saturated carbocycles. The van der Waals surface area contributed by atoms with E-state index in [1.807, 2.05) is 0 Å². The Balaban J connectivity index is 2.40. The molecule has 102 valence electrons. The summed E-state index contributed by atoms with van der Waals surface area (Å²) in [6, 6.07) is 1.61. The molecule has 0 bridgehead atoms. The van der Waals surface area contributed by atoms with Crippen LogP contribution in [0.1, 0.15) is 10.4 Å². The number of hydrogen-bond acceptors (Lipinski definition) is 6. The third-order valence-electron chi connectivity index (χ3n) is 2.55. The first kappa shape index (κ1) is 13.2. The lowest BCUT2D eigenvalue weighted by molar-refractivity contribution is -0.386. The zero-order valence-corrected chi connectivity index (χ0v) is 9.92. The molecule has 1 aliphatic rings. The van der Waals surface area contributed by atoms with E-state index in [1.165, 1.54) is 0 Å². The van der Waals surface area contributed by atoms with Crippen LogP contribution in [0.2, 0.25) is 0 Å². The van der Waals surface area contributed by atoms with Gasteiger partial charge in [0.15, 0.2) is 5.75 Å². The van der Waals surface area contributed by atoms with Crippen LogP contribution in [-0.2, 0) is 9.47 Å². The summed E-state index contributed by atoms with van der Waals surface area (Å²) < 4.78 is 28.1. The highest BCUT2D eigenvalue weighted by molar-refractivity contribution is 5.90. The Morgan fingerprint density at radius 1 is 1.53 bits per heavy atom. The third-order valence-corrected chi connectivity index (χ3v) is 2.55. The fourth-order valence-electron chi connectivity index (χ4n) is 1.51. The summed E-state index contributed by atoms with van der Waals surface area (Å²) in [6.07, 6.45) is -0.338. The number of ether oxygens (including phenoxy) is 3. The summed E-state index contributed by atoms with van der Waals surface area (Å²) in [4.78, 5) is 21.4. The molecular weight excluding hydrogens is 261 g/mol. The van der Waals surface area contributed by atoms with E-state index in [1.54, 1.807) is 0 Å². The van der Waals surface area contributed by atoms with Crippen molar-refractivity contribution < 1.29 is 28.3 Å². The molecule has 0 aromatic heterocycles. The van der Waals surface area contributed by atoms with Crippen molar-refractivity contribution in [3.63, 3.8) is 0 Å². The van der Waals surface area contributed by atoms with E-state index < -0.39 is 28.0 Å². The molecule has 7 nitrogen and oxygen atoms in total. The molecule has 8 heteroatoms. The highest BCUT2D eigenvalue weighted by Crippen LogP contribution is 2.32. The van der Waals surface area contributed by atoms with Gasteiger partial charge in [-0.1, -0.05) is 0 Å². The van der Waals surface area contributed by atoms with Gasteiger partial charge in [0.2, 0.25) is 0 Å². The maximum atomic E-state index is 13.6. The number of nitro benzene ring substituents is 1. The van der Waals surface area contributed by atoms with Crippen molar-refractivity contribution in [3.05, 3.63) is 33.6 Å². The molecule has 1 aliphatic heterocycles. The first-order valence-corrected chi connectivity index (χ1v) is 5.33. The predicted molar refractivity (Wildman–Crippen MR) is 59.6 cm³/mol. The van der Waals surface area contributed by atoms with E-state index in [4.69, 9.17) is 9.47 Å². The molecule has 1 aromatic carbocycles. The van der Waals surface area contributed by atoms with E-state index in [-0.39, 0.29) is 11.9 Å². The molecule has 1 saturated heterocycles. The van der Waals surface area contributed by atoms with Gasteiger partial charge in [-0.15, -0.1) is 0 Å². The van der Waals surface area contributed by atoms with Crippen molar-refractivity contribution in [2.24, 2.45) is 0 Å². The Hall–Kier alpha value is -2.22. The second-order valence-corrected chi connectivity index (χ2v) is 3.83. The fourth-order valence-corrected chi connectivity index (χ4v) is 1.51. The van der Waals surface area contributed by atoms with Gasteiger partial charge in [0, 0.05) is 6.07 Å². The molecule has 0 amide bonds. The molecule has 0 atom stereocenters. The maximum absolute atomic E-state index is 13.6. The van der Waals surface area contributed by atoms with Crippen molar-refractivity contribution in [2.75, 3.05) is 20.3 Å². The summed E-state index contributed by atoms with van der Waals surface area (Å²) in [5, 5.41) is 10.8. The molecular formula is C11H10FNO6. The molecule has 0 aliphatic carbocycles. The summed E-state index contributed by atoms with van der Waals surface area (Å²) in [7, 11) is 1.09. The quantitative estimate of drug-likeness (QED) is 0.466. The number of esters is 1. The van der Waals surface area contributed by atoms with Gasteiger partial charge in [-0.3, -0.25) is 10.1 Å². The van der Waals surface area contributed by atoms with Crippen LogP contribution in [0.5, 0.6) is 5.75 Å². The Kier molecular flexibility index (Phi) is 3.61. The van der Waals surface area contributed by atoms with Crippen molar-refractivity contribution in [1.82, 2.24) is 0 Å². The van der Waals surface area contributed by atoms with Crippen LogP contribution in [-0.4, -0.2) is 37.3 Å². The zero-order chi connectivity index (χ0) is 14.0. The number of nitro groups is 1. The molecule has 0 N–H and O–H groups in total. The molecule has 1 fully saturated rings. The average Bonchev–Trinajstić information content (AvgIpc) is 2.33. The largest absolute Gasteiger partial charge is 0.479 e. The Labute approximate surface area is 107 Å². The second-order valence-electron chi connectivity index (χ2n) is 3.83. The molecule has 0 spiro atoms. The van der Waals surface area contributed by atoms with Gasteiger partial charge in [-0.2, -0.15) is 0 Å². The van der Waals surface area contributed by atoms with Gasteiger partial charge in [0.1, 0.15) is 11.9 Å². The van der Waals surface area contributed by atoms with Crippen molar-refractivity contribution in [3.8, 4) is 5.75 Å². The minimum Gasteiger partial charge on any atom is -0.479 e. The van der Waals surface area contributed by atoms with E-state index in [9.17, 15) is 19.3 Å². The summed E-state index contributed by atoms with van der Waals surface area (Å²) >= 11 is 0. The van der Waals surface area contributed by atoms with Gasteiger partial charge in [0.25, 0.3) is 0 Å². The molecule has 1 heterocycles. The van der Waals surface area contributed by atoms with Crippen LogP contribution in [0.4, 0.5) is 10.1 Å². The lowest BCUT2D eigenvalue weighted by Crippen LogP contribution is -2.38. The number of hydrogen-bond donors (Lipinski definition) is 0. The number of carbonyl (C=O) groups is 1. The van der Waals surface area contributed by atoms with Crippen LogP contribution < -0.4 is 4.74 Å². The lowest BCUT2D eigenvalue weighted by atomic mass is 10.1. The first-order chi connectivity index (χ1) is 9.02. The normalized spacial score (nSPS) is 14.6. The minimum atomic E-state index is -1.03. The standard InChI is InChI=1S/C11H10FNO6/c1-17-11(14)7-2-10(19-6-4-18-5-6)9(13(15)16)3-8(7)12/h2-3,6H,4-5H2,1H3. The van der Waals surface area contributed by atoms with E-state index in [0.29, 0.717) is 19.3 Å². The number of methoxy groups -OCH3 is 1. The van der Waals surface area contributed by atoms with Crippen LogP contribution in [0.15, 0.2) is 12.1 Å². The molecule has 19 heavy (non-hydrogen) atoms. The highest BCUT2D eigenvalue weighted by Gasteiger charge is 2.28. The maximum Gasteiger partial charge on any atom is 0.340 e. The molecule has 0 unspecified atom stereocenters. The molecule has 0 radical (unpaired) electrons. The average molecular weight is 271 g/mol. The van der Waals surface area contributed by atoms with Gasteiger partial charge in [-0.05, 0) is 0 Å². The van der Waals surface area contributed by atoms with Crippen LogP contribution in [0.25, 0.3) is 0 Å². The topological polar surface area (TPSA) is 87.9 Å². The van der Waals surface area contributed by atoms with Gasteiger partial charge < -0.3 is 14.2 Å². The fraction of sp³-hybridized carbons (Fsp3) is 0.364. The number of benzene rings is 1. The number of rotatable bonds is 4. The van der Waals surface area contributed by atoms with Crippen molar-refractivity contribution in [1.29, 1.82) is 0 Å². The lowest BCUT2D eigenvalue weighted by Gasteiger charge is -2.26. The zero-order valence-electron chi connectivity index (χ0n) is 9.92. The predicted octanol–water partition coefficient (Wildman–Crippen LogP) is 1.30. The Morgan fingerprint density at radius 3 is 2.68 bits per heavy atom. The molecule has 2 rings (SSSR count).